The molecule has 3 heteroatoms. The molecule has 2 bridgehead atoms. The number of carbonyl (C=O) groups is 1. The van der Waals surface area contributed by atoms with Gasteiger partial charge in [0.05, 0.1) is 0 Å². The van der Waals surface area contributed by atoms with Crippen LogP contribution in [0, 0.1) is 0 Å². The van der Waals surface area contributed by atoms with Gasteiger partial charge in [-0.15, -0.1) is 0 Å². The quantitative estimate of drug-likeness (QED) is 0.604. The van der Waals surface area contributed by atoms with Crippen LogP contribution >= 0.6 is 0 Å². The molecular formula is C12H22N2O. The Kier molecular flexibility index (Phi) is 2.53. The third-order valence-corrected chi connectivity index (χ3v) is 3.79. The van der Waals surface area contributed by atoms with Crippen LogP contribution in [0.25, 0.3) is 0 Å². The summed E-state index contributed by atoms with van der Waals surface area (Å²) in [4.78, 5) is 16.2. The highest BCUT2D eigenvalue weighted by Gasteiger charge is 2.43. The largest absolute Gasteiger partial charge is 0.334 e. The van der Waals surface area contributed by atoms with Gasteiger partial charge >= 0.3 is 0 Å². The van der Waals surface area contributed by atoms with E-state index in [1.165, 1.54) is 12.8 Å². The third kappa shape index (κ3) is 1.89. The molecule has 2 rings (SSSR count). The molecule has 2 heterocycles. The summed E-state index contributed by atoms with van der Waals surface area (Å²) in [5, 5.41) is 0. The van der Waals surface area contributed by atoms with Gasteiger partial charge in [-0.05, 0) is 33.6 Å². The average Bonchev–Trinajstić information content (AvgIpc) is 2.35. The third-order valence-electron chi connectivity index (χ3n) is 3.79. The highest BCUT2D eigenvalue weighted by atomic mass is 16.2. The van der Waals surface area contributed by atoms with Gasteiger partial charge in [0.1, 0.15) is 0 Å². The fourth-order valence-electron chi connectivity index (χ4n) is 2.96. The molecule has 2 aliphatic heterocycles. The van der Waals surface area contributed by atoms with E-state index < -0.39 is 0 Å². The Balaban J connectivity index is 2.11. The molecule has 0 aliphatic carbocycles. The van der Waals surface area contributed by atoms with Crippen molar-refractivity contribution in [3.63, 3.8) is 0 Å². The molecule has 3 nitrogen and oxygen atoms in total. The van der Waals surface area contributed by atoms with Crippen LogP contribution in [0.15, 0.2) is 0 Å². The normalized spacial score (nSPS) is 32.1. The Hall–Kier alpha value is -0.570. The Morgan fingerprint density at radius 2 is 1.60 bits per heavy atom. The molecule has 0 aromatic carbocycles. The maximum Gasteiger partial charge on any atom is 0.220 e. The highest BCUT2D eigenvalue weighted by Crippen LogP contribution is 2.33. The van der Waals surface area contributed by atoms with Gasteiger partial charge in [0.2, 0.25) is 5.91 Å². The summed E-state index contributed by atoms with van der Waals surface area (Å²) in [6, 6.07) is 0.945. The molecule has 2 fully saturated rings. The Morgan fingerprint density at radius 1 is 1.13 bits per heavy atom. The number of hydrogen-bond acceptors (Lipinski definition) is 2. The van der Waals surface area contributed by atoms with E-state index in [-0.39, 0.29) is 11.4 Å². The minimum absolute atomic E-state index is 0.240. The van der Waals surface area contributed by atoms with E-state index in [1.807, 2.05) is 0 Å². The second-order valence-electron chi connectivity index (χ2n) is 5.89. The molecular weight excluding hydrogens is 188 g/mol. The number of piperazine rings is 1. The molecule has 2 aliphatic rings. The zero-order valence-electron chi connectivity index (χ0n) is 10.3. The van der Waals surface area contributed by atoms with Crippen molar-refractivity contribution >= 4 is 5.91 Å². The molecule has 0 aromatic rings. The van der Waals surface area contributed by atoms with Gasteiger partial charge in [-0.1, -0.05) is 0 Å². The van der Waals surface area contributed by atoms with E-state index in [2.05, 4.69) is 30.6 Å². The second-order valence-corrected chi connectivity index (χ2v) is 5.89. The van der Waals surface area contributed by atoms with Crippen LogP contribution in [0.5, 0.6) is 0 Å². The van der Waals surface area contributed by atoms with Crippen molar-refractivity contribution in [2.75, 3.05) is 13.1 Å². The molecule has 2 saturated heterocycles. The van der Waals surface area contributed by atoms with Crippen LogP contribution in [0.3, 0.4) is 0 Å². The summed E-state index contributed by atoms with van der Waals surface area (Å²) in [5.41, 5.74) is 0.240. The smallest absolute Gasteiger partial charge is 0.220 e. The lowest BCUT2D eigenvalue weighted by Gasteiger charge is -2.46. The van der Waals surface area contributed by atoms with Crippen molar-refractivity contribution < 1.29 is 4.79 Å². The summed E-state index contributed by atoms with van der Waals surface area (Å²) in [6.07, 6.45) is 2.38. The molecule has 1 amide bonds. The van der Waals surface area contributed by atoms with Gasteiger partial charge in [0, 0.05) is 37.6 Å². The Morgan fingerprint density at radius 3 is 1.93 bits per heavy atom. The molecule has 2 atom stereocenters. The van der Waals surface area contributed by atoms with E-state index in [0.717, 1.165) is 13.1 Å². The van der Waals surface area contributed by atoms with Crippen LogP contribution in [0.2, 0.25) is 0 Å². The first-order valence-electron chi connectivity index (χ1n) is 5.93. The lowest BCUT2D eigenvalue weighted by Crippen LogP contribution is -2.59. The maximum atomic E-state index is 11.5. The lowest BCUT2D eigenvalue weighted by molar-refractivity contribution is -0.135. The van der Waals surface area contributed by atoms with E-state index in [0.29, 0.717) is 12.1 Å². The average molecular weight is 210 g/mol. The summed E-state index contributed by atoms with van der Waals surface area (Å²) in [7, 11) is 0. The molecule has 0 radical (unpaired) electrons. The van der Waals surface area contributed by atoms with Crippen LogP contribution in [-0.4, -0.2) is 46.4 Å². The lowest BCUT2D eigenvalue weighted by atomic mass is 10.0. The summed E-state index contributed by atoms with van der Waals surface area (Å²) in [6.45, 7) is 10.6. The number of amides is 1. The van der Waals surface area contributed by atoms with E-state index in [4.69, 9.17) is 0 Å². The van der Waals surface area contributed by atoms with Crippen molar-refractivity contribution in [2.45, 2.75) is 58.2 Å². The van der Waals surface area contributed by atoms with Gasteiger partial charge in [0.25, 0.3) is 0 Å². The second kappa shape index (κ2) is 3.48. The van der Waals surface area contributed by atoms with E-state index in [9.17, 15) is 4.79 Å². The van der Waals surface area contributed by atoms with Gasteiger partial charge in [0.15, 0.2) is 0 Å². The van der Waals surface area contributed by atoms with Crippen molar-refractivity contribution in [1.29, 1.82) is 0 Å². The fourth-order valence-corrected chi connectivity index (χ4v) is 2.96. The van der Waals surface area contributed by atoms with Crippen LogP contribution in [0.4, 0.5) is 0 Å². The number of hydrogen-bond donors (Lipinski definition) is 0. The van der Waals surface area contributed by atoms with Gasteiger partial charge in [-0.2, -0.15) is 0 Å². The number of likely N-dealkylation sites (tertiary alicyclic amines) is 1. The summed E-state index contributed by atoms with van der Waals surface area (Å²) >= 11 is 0. The van der Waals surface area contributed by atoms with Crippen LogP contribution in [0.1, 0.15) is 40.5 Å². The van der Waals surface area contributed by atoms with Crippen LogP contribution in [-0.2, 0) is 4.79 Å². The molecule has 15 heavy (non-hydrogen) atoms. The van der Waals surface area contributed by atoms with E-state index >= 15 is 0 Å². The minimum Gasteiger partial charge on any atom is -0.334 e. The van der Waals surface area contributed by atoms with Gasteiger partial charge in [-0.25, -0.2) is 0 Å². The Bertz CT molecular complexity index is 255. The number of carbonyl (C=O) groups excluding carboxylic acids is 1. The van der Waals surface area contributed by atoms with Crippen molar-refractivity contribution in [1.82, 2.24) is 9.80 Å². The summed E-state index contributed by atoms with van der Waals surface area (Å²) < 4.78 is 0. The zero-order chi connectivity index (χ0) is 11.2. The fraction of sp³-hybridized carbons (Fsp3) is 0.917. The molecule has 0 spiro atoms. The maximum absolute atomic E-state index is 11.5. The highest BCUT2D eigenvalue weighted by molar-refractivity contribution is 5.74. The SMILES string of the molecule is CC(=O)N1C2CCC1CN(C(C)(C)C)C2. The van der Waals surface area contributed by atoms with Crippen molar-refractivity contribution in [2.24, 2.45) is 0 Å². The topological polar surface area (TPSA) is 23.6 Å². The first-order chi connectivity index (χ1) is 6.89. The summed E-state index contributed by atoms with van der Waals surface area (Å²) in [5.74, 6) is 0.260. The first kappa shape index (κ1) is 10.9. The van der Waals surface area contributed by atoms with Gasteiger partial charge < -0.3 is 4.90 Å². The standard InChI is InChI=1S/C12H22N2O/c1-9(15)14-10-5-6-11(14)8-13(7-10)12(2,3)4/h10-11H,5-8H2,1-4H3. The van der Waals surface area contributed by atoms with Crippen LogP contribution < -0.4 is 0 Å². The van der Waals surface area contributed by atoms with Gasteiger partial charge in [-0.3, -0.25) is 9.69 Å². The molecule has 0 aromatic heterocycles. The minimum atomic E-state index is 0.240. The zero-order valence-corrected chi connectivity index (χ0v) is 10.3. The van der Waals surface area contributed by atoms with Crippen molar-refractivity contribution in [3.8, 4) is 0 Å². The molecule has 2 unspecified atom stereocenters. The van der Waals surface area contributed by atoms with Crippen molar-refractivity contribution in [3.05, 3.63) is 0 Å². The number of fused-ring (bicyclic) bond motifs is 2. The molecule has 86 valence electrons. The number of nitrogens with zero attached hydrogens (tertiary/aromatic N) is 2. The molecule has 0 saturated carbocycles. The predicted octanol–water partition coefficient (Wildman–Crippen LogP) is 1.48. The monoisotopic (exact) mass is 210 g/mol. The Labute approximate surface area is 92.4 Å². The number of rotatable bonds is 0. The van der Waals surface area contributed by atoms with E-state index in [1.54, 1.807) is 6.92 Å². The first-order valence-corrected chi connectivity index (χ1v) is 5.93. The predicted molar refractivity (Wildman–Crippen MR) is 60.7 cm³/mol. The molecule has 0 N–H and O–H groups in total.